The minimum atomic E-state index is -0.921. The number of nitriles is 1. The average molecular weight is 496 g/mol. The number of halogens is 1. The maximum absolute atomic E-state index is 13.6. The van der Waals surface area contributed by atoms with Crippen LogP contribution in [0.4, 0.5) is 4.79 Å². The highest BCUT2D eigenvalue weighted by atomic mass is 35.5. The van der Waals surface area contributed by atoms with Crippen molar-refractivity contribution >= 4 is 23.6 Å². The molecule has 3 atom stereocenters. The van der Waals surface area contributed by atoms with Gasteiger partial charge in [-0.2, -0.15) is 5.26 Å². The predicted molar refractivity (Wildman–Crippen MR) is 137 cm³/mol. The Morgan fingerprint density at radius 2 is 1.91 bits per heavy atom. The minimum Gasteiger partial charge on any atom is -0.444 e. The molecule has 0 bridgehead atoms. The van der Waals surface area contributed by atoms with E-state index in [4.69, 9.17) is 16.3 Å². The number of carbonyl (C=O) groups is 2. The third-order valence-electron chi connectivity index (χ3n) is 6.66. The fourth-order valence-corrected chi connectivity index (χ4v) is 4.71. The standard InChI is InChI=1S/C28H34ClN3O3/c1-6-28(14-15-32(28)26(34)35-27(3,4)5)25(33)31-19(2)24(17-20-10-12-23(29)13-11-20)22-9-7-8-21(16-22)18-30/h7-13,16,19,24H,6,14-15,17H2,1-5H3,(H,31,33)/t19-,24+,28?/m0/s1. The lowest BCUT2D eigenvalue weighted by atomic mass is 9.80. The van der Waals surface area contributed by atoms with Gasteiger partial charge in [-0.1, -0.05) is 42.8 Å². The second-order valence-electron chi connectivity index (χ2n) is 10.2. The average Bonchev–Trinajstić information content (AvgIpc) is 2.77. The molecule has 0 aliphatic carbocycles. The normalized spacial score (nSPS) is 19.2. The number of ether oxygens (including phenoxy) is 1. The van der Waals surface area contributed by atoms with E-state index in [-0.39, 0.29) is 17.9 Å². The molecule has 186 valence electrons. The topological polar surface area (TPSA) is 82.4 Å². The van der Waals surface area contributed by atoms with Gasteiger partial charge in [-0.3, -0.25) is 9.69 Å². The first-order valence-corrected chi connectivity index (χ1v) is 12.4. The zero-order valence-corrected chi connectivity index (χ0v) is 21.9. The van der Waals surface area contributed by atoms with Crippen molar-refractivity contribution in [3.05, 3.63) is 70.2 Å². The van der Waals surface area contributed by atoms with E-state index >= 15 is 0 Å². The summed E-state index contributed by atoms with van der Waals surface area (Å²) in [6.45, 7) is 9.83. The Balaban J connectivity index is 1.84. The van der Waals surface area contributed by atoms with Crippen molar-refractivity contribution in [1.82, 2.24) is 10.2 Å². The van der Waals surface area contributed by atoms with Crippen LogP contribution < -0.4 is 5.32 Å². The monoisotopic (exact) mass is 495 g/mol. The lowest BCUT2D eigenvalue weighted by Gasteiger charge is -2.51. The van der Waals surface area contributed by atoms with Crippen LogP contribution in [-0.4, -0.2) is 40.6 Å². The van der Waals surface area contributed by atoms with E-state index in [1.807, 2.05) is 77.1 Å². The highest BCUT2D eigenvalue weighted by Crippen LogP contribution is 2.36. The molecular weight excluding hydrogens is 462 g/mol. The molecule has 0 spiro atoms. The highest BCUT2D eigenvalue weighted by Gasteiger charge is 2.53. The van der Waals surface area contributed by atoms with Crippen molar-refractivity contribution in [2.24, 2.45) is 0 Å². The van der Waals surface area contributed by atoms with Crippen molar-refractivity contribution < 1.29 is 14.3 Å². The van der Waals surface area contributed by atoms with Crippen LogP contribution in [0.15, 0.2) is 48.5 Å². The van der Waals surface area contributed by atoms with Gasteiger partial charge in [0.1, 0.15) is 11.1 Å². The van der Waals surface area contributed by atoms with E-state index in [0.717, 1.165) is 11.1 Å². The molecule has 1 unspecified atom stereocenters. The zero-order valence-electron chi connectivity index (χ0n) is 21.1. The summed E-state index contributed by atoms with van der Waals surface area (Å²) < 4.78 is 5.55. The Labute approximate surface area is 213 Å². The van der Waals surface area contributed by atoms with Crippen LogP contribution in [0.25, 0.3) is 0 Å². The molecule has 1 heterocycles. The van der Waals surface area contributed by atoms with Crippen molar-refractivity contribution in [3.8, 4) is 6.07 Å². The first-order valence-electron chi connectivity index (χ1n) is 12.0. The summed E-state index contributed by atoms with van der Waals surface area (Å²) >= 11 is 6.07. The summed E-state index contributed by atoms with van der Waals surface area (Å²) in [5.41, 5.74) is 1.06. The first kappa shape index (κ1) is 26.6. The zero-order chi connectivity index (χ0) is 25.8. The van der Waals surface area contributed by atoms with E-state index in [1.54, 1.807) is 11.0 Å². The minimum absolute atomic E-state index is 0.0858. The van der Waals surface area contributed by atoms with Crippen LogP contribution in [0, 0.1) is 11.3 Å². The molecule has 0 radical (unpaired) electrons. The summed E-state index contributed by atoms with van der Waals surface area (Å²) in [5, 5.41) is 13.3. The molecule has 2 amide bonds. The maximum Gasteiger partial charge on any atom is 0.411 e. The molecule has 2 aromatic carbocycles. The first-order chi connectivity index (χ1) is 16.5. The van der Waals surface area contributed by atoms with Crippen molar-refractivity contribution in [2.45, 2.75) is 77.0 Å². The predicted octanol–water partition coefficient (Wildman–Crippen LogP) is 5.83. The smallest absolute Gasteiger partial charge is 0.411 e. The number of hydrogen-bond donors (Lipinski definition) is 1. The van der Waals surface area contributed by atoms with Crippen molar-refractivity contribution in [3.63, 3.8) is 0 Å². The molecule has 35 heavy (non-hydrogen) atoms. The van der Waals surface area contributed by atoms with Gasteiger partial charge >= 0.3 is 6.09 Å². The van der Waals surface area contributed by atoms with Crippen LogP contribution >= 0.6 is 11.6 Å². The van der Waals surface area contributed by atoms with Gasteiger partial charge in [0.15, 0.2) is 0 Å². The van der Waals surface area contributed by atoms with Crippen LogP contribution in [0.5, 0.6) is 0 Å². The van der Waals surface area contributed by atoms with Gasteiger partial charge in [-0.05, 0) is 82.3 Å². The number of carbonyl (C=O) groups excluding carboxylic acids is 2. The number of benzene rings is 2. The molecule has 0 aromatic heterocycles. The second kappa shape index (κ2) is 10.7. The Hall–Kier alpha value is -3.04. The van der Waals surface area contributed by atoms with Gasteiger partial charge in [0, 0.05) is 23.5 Å². The van der Waals surface area contributed by atoms with Crippen LogP contribution in [-0.2, 0) is 16.0 Å². The molecule has 1 aliphatic heterocycles. The summed E-state index contributed by atoms with van der Waals surface area (Å²) in [7, 11) is 0. The molecule has 1 aliphatic rings. The molecule has 1 saturated heterocycles. The van der Waals surface area contributed by atoms with Gasteiger partial charge in [-0.25, -0.2) is 4.79 Å². The molecule has 2 aromatic rings. The van der Waals surface area contributed by atoms with Gasteiger partial charge in [0.2, 0.25) is 5.91 Å². The van der Waals surface area contributed by atoms with Crippen molar-refractivity contribution in [1.29, 1.82) is 5.26 Å². The third kappa shape index (κ3) is 6.15. The Morgan fingerprint density at radius 1 is 1.23 bits per heavy atom. The SMILES string of the molecule is CCC1(C(=O)N[C@@H](C)[C@@H](Cc2ccc(Cl)cc2)c2cccc(C#N)c2)CCN1C(=O)OC(C)(C)C. The number of nitrogens with one attached hydrogen (secondary N) is 1. The number of likely N-dealkylation sites (tertiary alicyclic amines) is 1. The summed E-state index contributed by atoms with van der Waals surface area (Å²) in [5.74, 6) is -0.264. The lowest BCUT2D eigenvalue weighted by Crippen LogP contribution is -2.70. The Kier molecular flexibility index (Phi) is 8.12. The molecule has 7 heteroatoms. The molecular formula is C28H34ClN3O3. The third-order valence-corrected chi connectivity index (χ3v) is 6.91. The van der Waals surface area contributed by atoms with E-state index in [1.165, 1.54) is 0 Å². The number of nitrogens with zero attached hydrogens (tertiary/aromatic N) is 2. The molecule has 1 fully saturated rings. The molecule has 3 rings (SSSR count). The maximum atomic E-state index is 13.6. The lowest BCUT2D eigenvalue weighted by molar-refractivity contribution is -0.143. The second-order valence-corrected chi connectivity index (χ2v) is 10.6. The van der Waals surface area contributed by atoms with E-state index in [2.05, 4.69) is 11.4 Å². The molecule has 0 saturated carbocycles. The van der Waals surface area contributed by atoms with Crippen LogP contribution in [0.2, 0.25) is 5.02 Å². The van der Waals surface area contributed by atoms with Gasteiger partial charge in [0.25, 0.3) is 0 Å². The molecule has 1 N–H and O–H groups in total. The van der Waals surface area contributed by atoms with Crippen LogP contribution in [0.1, 0.15) is 70.1 Å². The van der Waals surface area contributed by atoms with E-state index < -0.39 is 17.2 Å². The van der Waals surface area contributed by atoms with Crippen LogP contribution in [0.3, 0.4) is 0 Å². The summed E-state index contributed by atoms with van der Waals surface area (Å²) in [6.07, 6.45) is 1.28. The van der Waals surface area contributed by atoms with Crippen molar-refractivity contribution in [2.75, 3.05) is 6.54 Å². The Bertz CT molecular complexity index is 1100. The largest absolute Gasteiger partial charge is 0.444 e. The summed E-state index contributed by atoms with van der Waals surface area (Å²) in [4.78, 5) is 27.9. The molecule has 6 nitrogen and oxygen atoms in total. The summed E-state index contributed by atoms with van der Waals surface area (Å²) in [6, 6.07) is 17.1. The Morgan fingerprint density at radius 3 is 2.46 bits per heavy atom. The van der Waals surface area contributed by atoms with Gasteiger partial charge < -0.3 is 10.1 Å². The van der Waals surface area contributed by atoms with Gasteiger partial charge in [-0.15, -0.1) is 0 Å². The highest BCUT2D eigenvalue weighted by molar-refractivity contribution is 6.30. The van der Waals surface area contributed by atoms with E-state index in [9.17, 15) is 14.9 Å². The van der Waals surface area contributed by atoms with E-state index in [0.29, 0.717) is 36.4 Å². The fourth-order valence-electron chi connectivity index (χ4n) is 4.58. The van der Waals surface area contributed by atoms with Gasteiger partial charge in [0.05, 0.1) is 11.6 Å². The fraction of sp³-hybridized carbons (Fsp3) is 0.464. The number of hydrogen-bond acceptors (Lipinski definition) is 4. The number of rotatable bonds is 7. The quantitative estimate of drug-likeness (QED) is 0.523. The number of amides is 2.